The third-order valence-electron chi connectivity index (χ3n) is 21.1. The topological polar surface area (TPSA) is 267 Å². The quantitative estimate of drug-likeness (QED) is 0.0783. The minimum atomic E-state index is -2.11. The number of nitrogens with zero attached hydrogens (tertiary/aromatic N) is 2. The fourth-order valence-electron chi connectivity index (χ4n) is 16.0. The number of carbonyl (C=O) groups is 3. The average Bonchev–Trinajstić information content (AvgIpc) is 2.56. The van der Waals surface area contributed by atoms with E-state index in [4.69, 9.17) is 28.4 Å². The summed E-state index contributed by atoms with van der Waals surface area (Å²) in [5, 5.41) is 87.9. The molecule has 2 saturated carbocycles. The second-order valence-corrected chi connectivity index (χ2v) is 27.0. The highest BCUT2D eigenvalue weighted by atomic mass is 19.1. The van der Waals surface area contributed by atoms with Crippen molar-refractivity contribution in [2.24, 2.45) is 40.4 Å². The molecule has 4 aliphatic carbocycles. The number of ketones is 1. The largest absolute Gasteiger partial charge is 0.459 e. The number of cyclic esters (lactones) is 1. The highest BCUT2D eigenvalue weighted by Gasteiger charge is 2.74. The predicted molar refractivity (Wildman–Crippen MR) is 294 cm³/mol. The van der Waals surface area contributed by atoms with Crippen molar-refractivity contribution in [2.75, 3.05) is 40.8 Å². The maximum absolute atomic E-state index is 17.8. The zero-order chi connectivity index (χ0) is 59.6. The van der Waals surface area contributed by atoms with Gasteiger partial charge in [-0.15, -0.1) is 0 Å². The molecule has 20 heteroatoms. The van der Waals surface area contributed by atoms with Crippen LogP contribution in [0.3, 0.4) is 0 Å². The lowest BCUT2D eigenvalue weighted by molar-refractivity contribution is -0.318. The number of ether oxygens (including phenoxy) is 6. The maximum Gasteiger partial charge on any atom is 0.311 e. The van der Waals surface area contributed by atoms with Gasteiger partial charge in [-0.2, -0.15) is 0 Å². The molecule has 80 heavy (non-hydrogen) atoms. The van der Waals surface area contributed by atoms with Gasteiger partial charge in [-0.05, 0) is 139 Å². The summed E-state index contributed by atoms with van der Waals surface area (Å²) in [5.74, 6) is -5.04. The van der Waals surface area contributed by atoms with Gasteiger partial charge in [-0.3, -0.25) is 19.3 Å². The molecule has 19 nitrogen and oxygen atoms in total. The Morgan fingerprint density at radius 3 is 2.24 bits per heavy atom. The van der Waals surface area contributed by atoms with E-state index in [9.17, 15) is 50.1 Å². The lowest BCUT2D eigenvalue weighted by Gasteiger charge is -2.61. The smallest absolute Gasteiger partial charge is 0.311 e. The maximum atomic E-state index is 17.8. The summed E-state index contributed by atoms with van der Waals surface area (Å²) >= 11 is 0. The first-order chi connectivity index (χ1) is 37.1. The van der Waals surface area contributed by atoms with E-state index in [1.54, 1.807) is 68.4 Å². The molecule has 7 rings (SSSR count). The number of esters is 1. The van der Waals surface area contributed by atoms with Gasteiger partial charge in [0.25, 0.3) is 5.91 Å². The van der Waals surface area contributed by atoms with E-state index in [0.29, 0.717) is 24.8 Å². The number of amides is 1. The molecule has 25 atom stereocenters. The summed E-state index contributed by atoms with van der Waals surface area (Å²) in [7, 11) is 5.20. The van der Waals surface area contributed by atoms with Gasteiger partial charge >= 0.3 is 5.97 Å². The van der Waals surface area contributed by atoms with E-state index in [2.05, 4.69) is 5.32 Å². The van der Waals surface area contributed by atoms with Crippen LogP contribution in [0.4, 0.5) is 4.39 Å². The predicted octanol–water partition coefficient (Wildman–Crippen LogP) is 3.88. The second-order valence-electron chi connectivity index (χ2n) is 27.0. The lowest BCUT2D eigenvalue weighted by atomic mass is 9.45. The molecule has 3 heterocycles. The average molecular weight is 1140 g/mol. The number of carbonyl (C=O) groups excluding carboxylic acids is 3. The van der Waals surface area contributed by atoms with Crippen molar-refractivity contribution in [3.8, 4) is 0 Å². The number of hydrogen-bond acceptors (Lipinski definition) is 18. The Morgan fingerprint density at radius 2 is 1.60 bits per heavy atom. The molecule has 0 aromatic carbocycles. The number of halogens is 1. The number of rotatable bonds is 12. The molecular weight excluding hydrogens is 1040 g/mol. The zero-order valence-corrected chi connectivity index (χ0v) is 50.4. The molecule has 3 aliphatic heterocycles. The van der Waals surface area contributed by atoms with Crippen LogP contribution in [0.1, 0.15) is 147 Å². The van der Waals surface area contributed by atoms with Gasteiger partial charge in [-0.25, -0.2) is 4.39 Å². The van der Waals surface area contributed by atoms with Crippen molar-refractivity contribution in [3.05, 3.63) is 23.8 Å². The number of nitrogens with one attached hydrogen (secondary N) is 1. The second kappa shape index (κ2) is 24.1. The molecule has 0 radical (unpaired) electrons. The Bertz CT molecular complexity index is 2270. The third-order valence-corrected chi connectivity index (χ3v) is 21.1. The number of allylic oxidation sites excluding steroid dienone is 4. The monoisotopic (exact) mass is 1140 g/mol. The fraction of sp³-hybridized carbons (Fsp3) is 0.883. The van der Waals surface area contributed by atoms with Crippen LogP contribution < -0.4 is 5.32 Å². The Kier molecular flexibility index (Phi) is 19.6. The number of methoxy groups -OCH3 is 1. The molecule has 3 unspecified atom stereocenters. The summed E-state index contributed by atoms with van der Waals surface area (Å²) in [5.41, 5.74) is -10.6. The van der Waals surface area contributed by atoms with Crippen molar-refractivity contribution in [2.45, 2.75) is 255 Å². The molecule has 0 aromatic heterocycles. The van der Waals surface area contributed by atoms with Gasteiger partial charge in [0, 0.05) is 74.3 Å². The summed E-state index contributed by atoms with van der Waals surface area (Å²) < 4.78 is 56.0. The minimum Gasteiger partial charge on any atom is -0.459 e. The van der Waals surface area contributed by atoms with Gasteiger partial charge in [0.15, 0.2) is 24.0 Å². The standard InChI is InChI=1S/C60H100FN3O16/c1-16-44-58(12,73)48(68)36(6)64(25-17-24-62-53(71)59(74)23-21-40-41-19-18-38-27-39(65)20-22-54(38,8)60(41,61)43(66)29-55(40,59)9)31-32(2)28-56(10,72)50(80-52-46(67)42(63(13)14)26-33(3)76-52)34(4)47(35(5)51(70)78-44)79-45-30-57(11,75-15)49(69)37(7)77-45/h18,20,22,32-37,40-50,52,66-69,72-74H,16-17,19,21,23-31H2,1-15H3,(H,62,71)/t32-,33-,34+,35-,36-,37?,40?,41?,42-,43+,44-,45-,46-,47+,48-,49-,50-,52+,54+,55+,56-,57+,58-,59+,60+/m1/s1. The molecule has 3 saturated heterocycles. The van der Waals surface area contributed by atoms with E-state index in [0.717, 1.165) is 0 Å². The Labute approximate surface area is 474 Å². The van der Waals surface area contributed by atoms with Crippen LogP contribution in [0, 0.1) is 40.4 Å². The van der Waals surface area contributed by atoms with Crippen molar-refractivity contribution < 1.29 is 82.9 Å². The van der Waals surface area contributed by atoms with Crippen LogP contribution in [0.15, 0.2) is 23.8 Å². The number of aliphatic hydroxyl groups excluding tert-OH is 4. The Hall–Kier alpha value is -2.54. The molecule has 1 amide bonds. The summed E-state index contributed by atoms with van der Waals surface area (Å²) in [6.07, 6.45) is -5.51. The number of aliphatic hydroxyl groups is 7. The van der Waals surface area contributed by atoms with E-state index >= 15 is 4.39 Å². The molecule has 5 fully saturated rings. The summed E-state index contributed by atoms with van der Waals surface area (Å²) in [6.45, 7) is 21.3. The van der Waals surface area contributed by atoms with Crippen molar-refractivity contribution in [1.82, 2.24) is 15.1 Å². The van der Waals surface area contributed by atoms with Crippen molar-refractivity contribution >= 4 is 17.7 Å². The minimum absolute atomic E-state index is 0.0625. The number of alkyl halides is 1. The highest BCUT2D eigenvalue weighted by molar-refractivity contribution is 5.93. The first-order valence-corrected chi connectivity index (χ1v) is 29.6. The highest BCUT2D eigenvalue weighted by Crippen LogP contribution is 2.69. The molecular formula is C60H100FN3O16. The van der Waals surface area contributed by atoms with Crippen LogP contribution in [-0.2, 0) is 42.8 Å². The van der Waals surface area contributed by atoms with E-state index in [-0.39, 0.29) is 88.4 Å². The van der Waals surface area contributed by atoms with Crippen molar-refractivity contribution in [1.29, 1.82) is 0 Å². The summed E-state index contributed by atoms with van der Waals surface area (Å²) in [4.78, 5) is 45.4. The van der Waals surface area contributed by atoms with Crippen LogP contribution in [-0.4, -0.2) is 212 Å². The third kappa shape index (κ3) is 11.7. The Balaban J connectivity index is 1.15. The van der Waals surface area contributed by atoms with E-state index in [1.807, 2.05) is 43.8 Å². The SMILES string of the molecule is CC[C@H]1OC(=O)[C@H](C)[C@@H](O[C@@H]2C[C@](C)(OC)[C@H](O)C(C)O2)[C@H](C)[C@@H](O[C@@H]2O[C@H](C)C[C@@H](N(C)C)[C@H]2O)[C@](C)(O)C[C@@H](C)CN(CCCNC(=O)[C@@]2(O)CCC3C4CC=C5CC(=O)C=C[C@]5(C)[C@@]4(F)[C@@H](O)C[C@@]32C)[C@H](C)[C@@H](O)[C@]1(C)O. The normalized spacial score (nSPS) is 49.9. The van der Waals surface area contributed by atoms with Crippen LogP contribution >= 0.6 is 0 Å². The van der Waals surface area contributed by atoms with E-state index < -0.39 is 142 Å². The van der Waals surface area contributed by atoms with Gasteiger partial charge in [0.05, 0.1) is 47.6 Å². The number of likely N-dealkylation sites (N-methyl/N-ethyl adjacent to an activating group) is 1. The Morgan fingerprint density at radius 1 is 0.925 bits per heavy atom. The number of hydrogen-bond donors (Lipinski definition) is 8. The van der Waals surface area contributed by atoms with Gasteiger partial charge < -0.3 is 74.4 Å². The van der Waals surface area contributed by atoms with Crippen LogP contribution in [0.5, 0.6) is 0 Å². The molecule has 458 valence electrons. The molecule has 0 bridgehead atoms. The van der Waals surface area contributed by atoms with Crippen molar-refractivity contribution in [3.63, 3.8) is 0 Å². The van der Waals surface area contributed by atoms with E-state index in [1.165, 1.54) is 20.1 Å². The van der Waals surface area contributed by atoms with Gasteiger partial charge in [-0.1, -0.05) is 45.4 Å². The van der Waals surface area contributed by atoms with Crippen LogP contribution in [0.2, 0.25) is 0 Å². The van der Waals surface area contributed by atoms with Gasteiger partial charge in [0.2, 0.25) is 0 Å². The first-order valence-electron chi connectivity index (χ1n) is 29.6. The van der Waals surface area contributed by atoms with Crippen LogP contribution in [0.25, 0.3) is 0 Å². The lowest BCUT2D eigenvalue weighted by Crippen LogP contribution is -2.69. The first kappa shape index (κ1) is 65.0. The molecule has 0 aromatic rings. The molecule has 0 spiro atoms. The zero-order valence-electron chi connectivity index (χ0n) is 50.4. The molecule has 7 aliphatic rings. The fourth-order valence-corrected chi connectivity index (χ4v) is 16.0. The summed E-state index contributed by atoms with van der Waals surface area (Å²) in [6, 6.07) is -1.16. The molecule has 8 N–H and O–H groups in total. The number of fused-ring (bicyclic) bond motifs is 5. The van der Waals surface area contributed by atoms with Gasteiger partial charge in [0.1, 0.15) is 35.6 Å².